The number of aliphatic hydroxyl groups is 1. The second-order valence-electron chi connectivity index (χ2n) is 4.14. The van der Waals surface area contributed by atoms with E-state index in [2.05, 4.69) is 27.7 Å². The maximum Gasteiger partial charge on any atom is 0.0837 e. The molecule has 0 aliphatic carbocycles. The number of hydrogen-bond donors (Lipinski definition) is 1. The first kappa shape index (κ1) is 10.0. The zero-order chi connectivity index (χ0) is 9.30. The highest BCUT2D eigenvalue weighted by molar-refractivity contribution is 4.83. The first-order valence-corrected chi connectivity index (χ1v) is 4.84. The first-order chi connectivity index (χ1) is 5.57. The highest BCUT2D eigenvalue weighted by Gasteiger charge is 2.36. The van der Waals surface area contributed by atoms with Crippen LogP contribution < -0.4 is 0 Å². The quantitative estimate of drug-likeness (QED) is 0.652. The van der Waals surface area contributed by atoms with Crippen LogP contribution in [0.15, 0.2) is 0 Å². The van der Waals surface area contributed by atoms with Gasteiger partial charge in [0.1, 0.15) is 0 Å². The van der Waals surface area contributed by atoms with Gasteiger partial charge in [-0.05, 0) is 24.7 Å². The van der Waals surface area contributed by atoms with Gasteiger partial charge in [0.15, 0.2) is 0 Å². The summed E-state index contributed by atoms with van der Waals surface area (Å²) < 4.78 is 5.68. The second-order valence-corrected chi connectivity index (χ2v) is 4.14. The molecule has 0 spiro atoms. The maximum atomic E-state index is 9.06. The predicted molar refractivity (Wildman–Crippen MR) is 48.9 cm³/mol. The van der Waals surface area contributed by atoms with E-state index in [1.807, 2.05) is 0 Å². The molecule has 12 heavy (non-hydrogen) atoms. The van der Waals surface area contributed by atoms with Crippen LogP contribution in [0.25, 0.3) is 0 Å². The van der Waals surface area contributed by atoms with E-state index in [-0.39, 0.29) is 18.8 Å². The maximum absolute atomic E-state index is 9.06. The van der Waals surface area contributed by atoms with Crippen LogP contribution in [-0.4, -0.2) is 23.9 Å². The van der Waals surface area contributed by atoms with Crippen molar-refractivity contribution in [1.82, 2.24) is 0 Å². The molecule has 0 bridgehead atoms. The Kier molecular flexibility index (Phi) is 3.13. The van der Waals surface area contributed by atoms with Gasteiger partial charge >= 0.3 is 0 Å². The Morgan fingerprint density at radius 2 is 1.58 bits per heavy atom. The van der Waals surface area contributed by atoms with Crippen molar-refractivity contribution in [1.29, 1.82) is 0 Å². The van der Waals surface area contributed by atoms with Crippen LogP contribution in [0.5, 0.6) is 0 Å². The molecule has 0 aromatic carbocycles. The summed E-state index contributed by atoms with van der Waals surface area (Å²) in [6.45, 7) is 8.88. The molecule has 1 aliphatic heterocycles. The number of aliphatic hydroxyl groups excluding tert-OH is 1. The van der Waals surface area contributed by atoms with E-state index in [1.165, 1.54) is 0 Å². The van der Waals surface area contributed by atoms with Gasteiger partial charge in [0.05, 0.1) is 18.8 Å². The van der Waals surface area contributed by atoms with E-state index in [1.54, 1.807) is 0 Å². The topological polar surface area (TPSA) is 29.5 Å². The van der Waals surface area contributed by atoms with Gasteiger partial charge in [-0.3, -0.25) is 0 Å². The van der Waals surface area contributed by atoms with Gasteiger partial charge in [-0.15, -0.1) is 0 Å². The predicted octanol–water partition coefficient (Wildman–Crippen LogP) is 1.67. The molecule has 0 saturated carbocycles. The Hall–Kier alpha value is -0.0800. The fourth-order valence-electron chi connectivity index (χ4n) is 1.98. The molecular formula is C10H20O2. The van der Waals surface area contributed by atoms with Gasteiger partial charge in [-0.2, -0.15) is 0 Å². The summed E-state index contributed by atoms with van der Waals surface area (Å²) in [5, 5.41) is 9.06. The van der Waals surface area contributed by atoms with Crippen LogP contribution in [0.1, 0.15) is 27.7 Å². The molecule has 1 fully saturated rings. The number of ether oxygens (including phenoxy) is 1. The zero-order valence-electron chi connectivity index (χ0n) is 8.45. The van der Waals surface area contributed by atoms with Gasteiger partial charge in [0, 0.05) is 0 Å². The number of hydrogen-bond acceptors (Lipinski definition) is 2. The molecule has 0 amide bonds. The van der Waals surface area contributed by atoms with Crippen molar-refractivity contribution >= 4 is 0 Å². The molecule has 2 nitrogen and oxygen atoms in total. The van der Waals surface area contributed by atoms with Crippen molar-refractivity contribution in [3.8, 4) is 0 Å². The normalized spacial score (nSPS) is 49.2. The zero-order valence-corrected chi connectivity index (χ0v) is 8.45. The molecule has 2 unspecified atom stereocenters. The standard InChI is InChI=1S/C10H20O2/c1-6-7(2)9(4)12-10(5-11)8(6)3/h6-11H,5H2,1-4H3/t6?,7-,8+,9+,10?/m1/s1. The summed E-state index contributed by atoms with van der Waals surface area (Å²) >= 11 is 0. The summed E-state index contributed by atoms with van der Waals surface area (Å²) in [4.78, 5) is 0. The Bertz CT molecular complexity index is 142. The molecule has 1 heterocycles. The van der Waals surface area contributed by atoms with Crippen molar-refractivity contribution in [3.63, 3.8) is 0 Å². The van der Waals surface area contributed by atoms with Crippen molar-refractivity contribution in [2.75, 3.05) is 6.61 Å². The average molecular weight is 172 g/mol. The van der Waals surface area contributed by atoms with Crippen LogP contribution in [0, 0.1) is 17.8 Å². The van der Waals surface area contributed by atoms with Crippen LogP contribution in [0.2, 0.25) is 0 Å². The van der Waals surface area contributed by atoms with Gasteiger partial charge in [-0.25, -0.2) is 0 Å². The molecule has 0 aromatic heterocycles. The largest absolute Gasteiger partial charge is 0.394 e. The summed E-state index contributed by atoms with van der Waals surface area (Å²) in [6.07, 6.45) is 0.333. The van der Waals surface area contributed by atoms with Gasteiger partial charge in [0.2, 0.25) is 0 Å². The molecule has 1 rings (SSSR count). The smallest absolute Gasteiger partial charge is 0.0837 e. The van der Waals surface area contributed by atoms with E-state index in [0.717, 1.165) is 0 Å². The fraction of sp³-hybridized carbons (Fsp3) is 1.00. The highest BCUT2D eigenvalue weighted by Crippen LogP contribution is 2.34. The number of rotatable bonds is 1. The molecule has 1 N–H and O–H groups in total. The van der Waals surface area contributed by atoms with Gasteiger partial charge in [-0.1, -0.05) is 20.8 Å². The monoisotopic (exact) mass is 172 g/mol. The third-order valence-electron chi connectivity index (χ3n) is 3.55. The summed E-state index contributed by atoms with van der Waals surface area (Å²) in [5.74, 6) is 1.72. The first-order valence-electron chi connectivity index (χ1n) is 4.84. The minimum atomic E-state index is 0.0474. The van der Waals surface area contributed by atoms with Crippen LogP contribution >= 0.6 is 0 Å². The van der Waals surface area contributed by atoms with Crippen molar-refractivity contribution in [2.45, 2.75) is 39.9 Å². The lowest BCUT2D eigenvalue weighted by Crippen LogP contribution is -2.44. The Morgan fingerprint density at radius 3 is 2.08 bits per heavy atom. The summed E-state index contributed by atoms with van der Waals surface area (Å²) in [7, 11) is 0. The average Bonchev–Trinajstić information content (AvgIpc) is 2.08. The molecule has 0 aromatic rings. The lowest BCUT2D eigenvalue weighted by Gasteiger charge is -2.41. The van der Waals surface area contributed by atoms with E-state index in [4.69, 9.17) is 9.84 Å². The van der Waals surface area contributed by atoms with Gasteiger partial charge < -0.3 is 9.84 Å². The van der Waals surface area contributed by atoms with Crippen molar-refractivity contribution in [3.05, 3.63) is 0 Å². The van der Waals surface area contributed by atoms with Gasteiger partial charge in [0.25, 0.3) is 0 Å². The molecule has 1 saturated heterocycles. The Balaban J connectivity index is 2.63. The van der Waals surface area contributed by atoms with E-state index >= 15 is 0 Å². The van der Waals surface area contributed by atoms with Crippen molar-refractivity contribution in [2.24, 2.45) is 17.8 Å². The summed E-state index contributed by atoms with van der Waals surface area (Å²) in [5.41, 5.74) is 0. The fourth-order valence-corrected chi connectivity index (χ4v) is 1.98. The lowest BCUT2D eigenvalue weighted by atomic mass is 9.77. The third kappa shape index (κ3) is 1.64. The molecule has 2 heteroatoms. The lowest BCUT2D eigenvalue weighted by molar-refractivity contribution is -0.140. The molecular weight excluding hydrogens is 152 g/mol. The molecule has 0 radical (unpaired) electrons. The Morgan fingerprint density at radius 1 is 1.00 bits per heavy atom. The minimum absolute atomic E-state index is 0.0474. The third-order valence-corrected chi connectivity index (χ3v) is 3.55. The second kappa shape index (κ2) is 3.75. The summed E-state index contributed by atoms with van der Waals surface area (Å²) in [6, 6.07) is 0. The SMILES string of the molecule is CC1[C@H](C)C(CO)O[C@@H](C)[C@@H]1C. The van der Waals surface area contributed by atoms with E-state index in [9.17, 15) is 0 Å². The highest BCUT2D eigenvalue weighted by atomic mass is 16.5. The molecule has 1 aliphatic rings. The van der Waals surface area contributed by atoms with Crippen molar-refractivity contribution < 1.29 is 9.84 Å². The van der Waals surface area contributed by atoms with Crippen LogP contribution in [-0.2, 0) is 4.74 Å². The minimum Gasteiger partial charge on any atom is -0.394 e. The van der Waals surface area contributed by atoms with Crippen LogP contribution in [0.4, 0.5) is 0 Å². The molecule has 5 atom stereocenters. The van der Waals surface area contributed by atoms with Crippen LogP contribution in [0.3, 0.4) is 0 Å². The van der Waals surface area contributed by atoms with E-state index < -0.39 is 0 Å². The molecule has 72 valence electrons. The van der Waals surface area contributed by atoms with E-state index in [0.29, 0.717) is 17.8 Å². The Labute approximate surface area is 74.9 Å².